The molecule has 0 aliphatic carbocycles. The minimum Gasteiger partial charge on any atom is -0.281 e. The van der Waals surface area contributed by atoms with Crippen LogP contribution in [0.5, 0.6) is 0 Å². The molecule has 1 N–H and O–H groups in total. The van der Waals surface area contributed by atoms with Crippen LogP contribution >= 0.6 is 0 Å². The van der Waals surface area contributed by atoms with Crippen LogP contribution in [0.3, 0.4) is 0 Å². The van der Waals surface area contributed by atoms with E-state index in [0.717, 1.165) is 5.56 Å². The summed E-state index contributed by atoms with van der Waals surface area (Å²) < 4.78 is 0. The van der Waals surface area contributed by atoms with Crippen molar-refractivity contribution in [1.29, 1.82) is 5.26 Å². The van der Waals surface area contributed by atoms with Crippen LogP contribution in [0.4, 0.5) is 0 Å². The SMILES string of the molecule is N#CCN1OCNC1c1ccccc1. The van der Waals surface area contributed by atoms with Crippen molar-refractivity contribution in [2.75, 3.05) is 13.3 Å². The van der Waals surface area contributed by atoms with Crippen molar-refractivity contribution in [2.45, 2.75) is 6.17 Å². The standard InChI is InChI=1S/C10H11N3O/c11-6-7-13-10(12-8-14-13)9-4-2-1-3-5-9/h1-5,10,12H,7-8H2. The van der Waals surface area contributed by atoms with Gasteiger partial charge in [-0.3, -0.25) is 10.2 Å². The fourth-order valence-electron chi connectivity index (χ4n) is 1.50. The first-order valence-corrected chi connectivity index (χ1v) is 4.46. The van der Waals surface area contributed by atoms with Crippen LogP contribution in [0.1, 0.15) is 11.7 Å². The Labute approximate surface area is 82.7 Å². The van der Waals surface area contributed by atoms with Crippen molar-refractivity contribution in [3.63, 3.8) is 0 Å². The van der Waals surface area contributed by atoms with Crippen molar-refractivity contribution < 1.29 is 4.84 Å². The third-order valence-electron chi connectivity index (χ3n) is 2.14. The molecule has 2 rings (SSSR count). The van der Waals surface area contributed by atoms with Crippen LogP contribution in [0.25, 0.3) is 0 Å². The zero-order chi connectivity index (χ0) is 9.80. The Morgan fingerprint density at radius 3 is 3.00 bits per heavy atom. The highest BCUT2D eigenvalue weighted by atomic mass is 16.7. The first-order valence-electron chi connectivity index (χ1n) is 4.46. The lowest BCUT2D eigenvalue weighted by Crippen LogP contribution is -2.27. The highest BCUT2D eigenvalue weighted by molar-refractivity contribution is 5.18. The van der Waals surface area contributed by atoms with Crippen molar-refractivity contribution in [3.8, 4) is 6.07 Å². The Kier molecular flexibility index (Phi) is 2.75. The van der Waals surface area contributed by atoms with E-state index in [1.807, 2.05) is 30.3 Å². The lowest BCUT2D eigenvalue weighted by atomic mass is 10.2. The molecule has 4 nitrogen and oxygen atoms in total. The number of nitrogens with zero attached hydrogens (tertiary/aromatic N) is 2. The fraction of sp³-hybridized carbons (Fsp3) is 0.300. The zero-order valence-electron chi connectivity index (χ0n) is 7.68. The molecule has 0 aromatic heterocycles. The summed E-state index contributed by atoms with van der Waals surface area (Å²) in [7, 11) is 0. The van der Waals surface area contributed by atoms with Gasteiger partial charge in [0.15, 0.2) is 0 Å². The molecule has 0 radical (unpaired) electrons. The van der Waals surface area contributed by atoms with Gasteiger partial charge < -0.3 is 0 Å². The lowest BCUT2D eigenvalue weighted by Gasteiger charge is -2.18. The predicted octanol–water partition coefficient (Wildman–Crippen LogP) is 1.00. The summed E-state index contributed by atoms with van der Waals surface area (Å²) in [5.74, 6) is 0. The van der Waals surface area contributed by atoms with Crippen molar-refractivity contribution in [2.24, 2.45) is 0 Å². The second-order valence-corrected chi connectivity index (χ2v) is 3.02. The third-order valence-corrected chi connectivity index (χ3v) is 2.14. The minimum atomic E-state index is -0.00384. The van der Waals surface area contributed by atoms with E-state index in [2.05, 4.69) is 11.4 Å². The maximum absolute atomic E-state index is 8.59. The molecule has 1 atom stereocenters. The maximum atomic E-state index is 8.59. The first-order chi connectivity index (χ1) is 6.92. The molecule has 1 fully saturated rings. The Bertz CT molecular complexity index is 333. The van der Waals surface area contributed by atoms with Crippen LogP contribution in [0.15, 0.2) is 30.3 Å². The van der Waals surface area contributed by atoms with Gasteiger partial charge in [-0.2, -0.15) is 10.3 Å². The van der Waals surface area contributed by atoms with E-state index in [1.165, 1.54) is 0 Å². The van der Waals surface area contributed by atoms with Crippen molar-refractivity contribution in [3.05, 3.63) is 35.9 Å². The van der Waals surface area contributed by atoms with E-state index in [9.17, 15) is 0 Å². The molecule has 1 aromatic carbocycles. The Balaban J connectivity index is 2.14. The molecule has 0 bridgehead atoms. The van der Waals surface area contributed by atoms with Gasteiger partial charge in [-0.1, -0.05) is 30.3 Å². The highest BCUT2D eigenvalue weighted by Crippen LogP contribution is 2.21. The smallest absolute Gasteiger partial charge is 0.120 e. The number of hydrogen-bond acceptors (Lipinski definition) is 4. The summed E-state index contributed by atoms with van der Waals surface area (Å²) >= 11 is 0. The average Bonchev–Trinajstić information content (AvgIpc) is 2.68. The lowest BCUT2D eigenvalue weighted by molar-refractivity contribution is -0.122. The van der Waals surface area contributed by atoms with Gasteiger partial charge in [-0.05, 0) is 5.56 Å². The summed E-state index contributed by atoms with van der Waals surface area (Å²) in [5, 5.41) is 13.4. The fourth-order valence-corrected chi connectivity index (χ4v) is 1.50. The van der Waals surface area contributed by atoms with E-state index < -0.39 is 0 Å². The molecule has 0 amide bonds. The summed E-state index contributed by atoms with van der Waals surface area (Å²) in [6.07, 6.45) is -0.00384. The summed E-state index contributed by atoms with van der Waals surface area (Å²) in [5.41, 5.74) is 1.11. The van der Waals surface area contributed by atoms with Gasteiger partial charge in [0, 0.05) is 0 Å². The van der Waals surface area contributed by atoms with Gasteiger partial charge in [-0.25, -0.2) is 0 Å². The largest absolute Gasteiger partial charge is 0.281 e. The van der Waals surface area contributed by atoms with E-state index in [0.29, 0.717) is 6.73 Å². The summed E-state index contributed by atoms with van der Waals surface area (Å²) in [4.78, 5) is 5.26. The van der Waals surface area contributed by atoms with Crippen molar-refractivity contribution in [1.82, 2.24) is 10.4 Å². The first kappa shape index (κ1) is 9.16. The average molecular weight is 189 g/mol. The number of hydroxylamine groups is 2. The predicted molar refractivity (Wildman–Crippen MR) is 50.6 cm³/mol. The van der Waals surface area contributed by atoms with Gasteiger partial charge in [0.2, 0.25) is 0 Å². The van der Waals surface area contributed by atoms with Gasteiger partial charge in [0.1, 0.15) is 19.4 Å². The molecule has 1 saturated heterocycles. The molecule has 1 aliphatic heterocycles. The molecule has 0 saturated carbocycles. The van der Waals surface area contributed by atoms with Gasteiger partial charge in [0.05, 0.1) is 6.07 Å². The Morgan fingerprint density at radius 1 is 1.50 bits per heavy atom. The summed E-state index contributed by atoms with van der Waals surface area (Å²) in [6, 6.07) is 12.0. The molecule has 0 spiro atoms. The monoisotopic (exact) mass is 189 g/mol. The minimum absolute atomic E-state index is 0.00384. The van der Waals surface area contributed by atoms with Crippen molar-refractivity contribution >= 4 is 0 Å². The quantitative estimate of drug-likeness (QED) is 0.705. The molecule has 72 valence electrons. The highest BCUT2D eigenvalue weighted by Gasteiger charge is 2.25. The van der Waals surface area contributed by atoms with E-state index >= 15 is 0 Å². The number of hydrogen-bond donors (Lipinski definition) is 1. The molecule has 1 heterocycles. The number of nitrogens with one attached hydrogen (secondary N) is 1. The molecule has 1 aliphatic rings. The molecular weight excluding hydrogens is 178 g/mol. The Hall–Kier alpha value is -1.41. The third kappa shape index (κ3) is 1.75. The van der Waals surface area contributed by atoms with Crippen LogP contribution in [-0.2, 0) is 4.84 Å². The number of rotatable bonds is 2. The van der Waals surface area contributed by atoms with Crippen LogP contribution < -0.4 is 5.32 Å². The van der Waals surface area contributed by atoms with Gasteiger partial charge in [0.25, 0.3) is 0 Å². The zero-order valence-corrected chi connectivity index (χ0v) is 7.68. The molecule has 1 aromatic rings. The number of benzene rings is 1. The topological polar surface area (TPSA) is 48.3 Å². The van der Waals surface area contributed by atoms with Crippen LogP contribution in [-0.4, -0.2) is 18.3 Å². The molecule has 14 heavy (non-hydrogen) atoms. The maximum Gasteiger partial charge on any atom is 0.120 e. The van der Waals surface area contributed by atoms with Crippen LogP contribution in [0, 0.1) is 11.3 Å². The second kappa shape index (κ2) is 4.20. The number of nitriles is 1. The summed E-state index contributed by atoms with van der Waals surface area (Å²) in [6.45, 7) is 0.730. The second-order valence-electron chi connectivity index (χ2n) is 3.02. The normalized spacial score (nSPS) is 22.1. The van der Waals surface area contributed by atoms with E-state index in [-0.39, 0.29) is 12.7 Å². The van der Waals surface area contributed by atoms with Gasteiger partial charge in [-0.15, -0.1) is 0 Å². The Morgan fingerprint density at radius 2 is 2.29 bits per heavy atom. The molecule has 1 unspecified atom stereocenters. The molecule has 4 heteroatoms. The van der Waals surface area contributed by atoms with Crippen LogP contribution in [0.2, 0.25) is 0 Å². The van der Waals surface area contributed by atoms with E-state index in [1.54, 1.807) is 5.06 Å². The van der Waals surface area contributed by atoms with Gasteiger partial charge >= 0.3 is 0 Å². The van der Waals surface area contributed by atoms with E-state index in [4.69, 9.17) is 10.1 Å². The molecular formula is C10H11N3O.